The number of halogens is 1. The van der Waals surface area contributed by atoms with Gasteiger partial charge in [0.2, 0.25) is 0 Å². The van der Waals surface area contributed by atoms with Crippen LogP contribution in [0.1, 0.15) is 21.7 Å². The standard InChI is InChI=1S/C13H14FN5O/c1-18-10-4-6-19(13-9(14)3-2-5-16-13)7-8(10)11(17-18)12(15)20/h2-3,5H,4,6-7H2,1H3,(H2,15,20). The number of nitrogens with zero attached hydrogens (tertiary/aromatic N) is 4. The lowest BCUT2D eigenvalue weighted by molar-refractivity contribution is 0.0994. The Labute approximate surface area is 115 Å². The smallest absolute Gasteiger partial charge is 0.269 e. The second kappa shape index (κ2) is 4.59. The lowest BCUT2D eigenvalue weighted by Crippen LogP contribution is -2.33. The minimum absolute atomic E-state index is 0.253. The average Bonchev–Trinajstić information content (AvgIpc) is 2.76. The molecule has 0 aliphatic carbocycles. The number of primary amides is 1. The normalized spacial score (nSPS) is 14.2. The van der Waals surface area contributed by atoms with Crippen LogP contribution in [0, 0.1) is 5.82 Å². The maximum atomic E-state index is 13.8. The summed E-state index contributed by atoms with van der Waals surface area (Å²) in [7, 11) is 1.78. The molecule has 0 bridgehead atoms. The second-order valence-electron chi connectivity index (χ2n) is 4.74. The molecule has 3 heterocycles. The molecule has 0 saturated carbocycles. The van der Waals surface area contributed by atoms with Gasteiger partial charge in [-0.2, -0.15) is 5.10 Å². The third kappa shape index (κ3) is 1.91. The largest absolute Gasteiger partial charge is 0.364 e. The highest BCUT2D eigenvalue weighted by Crippen LogP contribution is 2.26. The summed E-state index contributed by atoms with van der Waals surface area (Å²) in [5.74, 6) is -0.650. The number of anilines is 1. The first-order valence-electron chi connectivity index (χ1n) is 6.28. The molecule has 20 heavy (non-hydrogen) atoms. The Bertz CT molecular complexity index is 681. The summed E-state index contributed by atoms with van der Waals surface area (Å²) in [6, 6.07) is 2.92. The molecule has 2 aromatic heterocycles. The maximum Gasteiger partial charge on any atom is 0.269 e. The minimum Gasteiger partial charge on any atom is -0.364 e. The van der Waals surface area contributed by atoms with Crippen LogP contribution in [0.15, 0.2) is 18.3 Å². The van der Waals surface area contributed by atoms with Crippen molar-refractivity contribution in [3.63, 3.8) is 0 Å². The zero-order valence-electron chi connectivity index (χ0n) is 11.0. The van der Waals surface area contributed by atoms with Gasteiger partial charge in [-0.3, -0.25) is 9.48 Å². The summed E-state index contributed by atoms with van der Waals surface area (Å²) < 4.78 is 15.5. The first kappa shape index (κ1) is 12.6. The van der Waals surface area contributed by atoms with Crippen LogP contribution in [-0.4, -0.2) is 27.2 Å². The fourth-order valence-electron chi connectivity index (χ4n) is 2.58. The molecule has 0 aromatic carbocycles. The van der Waals surface area contributed by atoms with Gasteiger partial charge in [-0.15, -0.1) is 0 Å². The number of carbonyl (C=O) groups excluding carboxylic acids is 1. The van der Waals surface area contributed by atoms with Crippen LogP contribution >= 0.6 is 0 Å². The molecule has 6 nitrogen and oxygen atoms in total. The van der Waals surface area contributed by atoms with Gasteiger partial charge < -0.3 is 10.6 Å². The zero-order valence-corrected chi connectivity index (χ0v) is 11.0. The van der Waals surface area contributed by atoms with Gasteiger partial charge in [-0.25, -0.2) is 9.37 Å². The number of carbonyl (C=O) groups is 1. The van der Waals surface area contributed by atoms with Crippen molar-refractivity contribution >= 4 is 11.7 Å². The van der Waals surface area contributed by atoms with Crippen LogP contribution in [0.2, 0.25) is 0 Å². The summed E-state index contributed by atoms with van der Waals surface area (Å²) >= 11 is 0. The van der Waals surface area contributed by atoms with Gasteiger partial charge in [0.25, 0.3) is 5.91 Å². The Hall–Kier alpha value is -2.44. The first-order chi connectivity index (χ1) is 9.58. The van der Waals surface area contributed by atoms with E-state index in [1.54, 1.807) is 28.9 Å². The zero-order chi connectivity index (χ0) is 14.3. The molecular formula is C13H14FN5O. The quantitative estimate of drug-likeness (QED) is 0.871. The number of pyridine rings is 1. The molecule has 0 fully saturated rings. The Morgan fingerprint density at radius 1 is 1.50 bits per heavy atom. The predicted molar refractivity (Wildman–Crippen MR) is 70.7 cm³/mol. The number of hydrogen-bond acceptors (Lipinski definition) is 4. The molecule has 7 heteroatoms. The van der Waals surface area contributed by atoms with Crippen molar-refractivity contribution in [1.82, 2.24) is 14.8 Å². The molecule has 1 aliphatic rings. The van der Waals surface area contributed by atoms with Crippen molar-refractivity contribution in [2.45, 2.75) is 13.0 Å². The van der Waals surface area contributed by atoms with E-state index < -0.39 is 5.91 Å². The van der Waals surface area contributed by atoms with Crippen LogP contribution in [-0.2, 0) is 20.0 Å². The summed E-state index contributed by atoms with van der Waals surface area (Å²) in [5.41, 5.74) is 7.32. The number of rotatable bonds is 2. The molecule has 104 valence electrons. The second-order valence-corrected chi connectivity index (χ2v) is 4.74. The molecule has 0 spiro atoms. The van der Waals surface area contributed by atoms with E-state index in [-0.39, 0.29) is 17.3 Å². The van der Waals surface area contributed by atoms with Gasteiger partial charge in [-0.1, -0.05) is 0 Å². The van der Waals surface area contributed by atoms with Gasteiger partial charge in [0.1, 0.15) is 0 Å². The van der Waals surface area contributed by atoms with Crippen molar-refractivity contribution in [2.75, 3.05) is 11.4 Å². The number of fused-ring (bicyclic) bond motifs is 1. The van der Waals surface area contributed by atoms with E-state index in [0.29, 0.717) is 19.5 Å². The van der Waals surface area contributed by atoms with Crippen LogP contribution < -0.4 is 10.6 Å². The Morgan fingerprint density at radius 3 is 3.00 bits per heavy atom. The Morgan fingerprint density at radius 2 is 2.30 bits per heavy atom. The van der Waals surface area contributed by atoms with Crippen molar-refractivity contribution in [3.8, 4) is 0 Å². The minimum atomic E-state index is -0.565. The fourth-order valence-corrected chi connectivity index (χ4v) is 2.58. The van der Waals surface area contributed by atoms with E-state index in [0.717, 1.165) is 11.3 Å². The predicted octanol–water partition coefficient (Wildman–Crippen LogP) is 0.616. The number of hydrogen-bond donors (Lipinski definition) is 1. The Kier molecular flexibility index (Phi) is 2.89. The number of amides is 1. The SMILES string of the molecule is Cn1nc(C(N)=O)c2c1CCN(c1ncccc1F)C2. The van der Waals surface area contributed by atoms with Crippen LogP contribution in [0.25, 0.3) is 0 Å². The third-order valence-corrected chi connectivity index (χ3v) is 3.51. The lowest BCUT2D eigenvalue weighted by atomic mass is 10.0. The molecule has 0 saturated heterocycles. The van der Waals surface area contributed by atoms with Crippen molar-refractivity contribution in [2.24, 2.45) is 12.8 Å². The topological polar surface area (TPSA) is 77.0 Å². The molecule has 1 aliphatic heterocycles. The number of aromatic nitrogens is 3. The third-order valence-electron chi connectivity index (χ3n) is 3.51. The molecule has 1 amide bonds. The average molecular weight is 275 g/mol. The maximum absolute atomic E-state index is 13.8. The van der Waals surface area contributed by atoms with E-state index in [4.69, 9.17) is 5.73 Å². The van der Waals surface area contributed by atoms with Gasteiger partial charge in [0, 0.05) is 44.0 Å². The van der Waals surface area contributed by atoms with Crippen molar-refractivity contribution in [1.29, 1.82) is 0 Å². The summed E-state index contributed by atoms with van der Waals surface area (Å²) in [4.78, 5) is 17.3. The monoisotopic (exact) mass is 275 g/mol. The number of nitrogens with two attached hydrogens (primary N) is 1. The van der Waals surface area contributed by atoms with Gasteiger partial charge in [0.05, 0.1) is 0 Å². The molecule has 2 N–H and O–H groups in total. The molecule has 2 aromatic rings. The van der Waals surface area contributed by atoms with Crippen LogP contribution in [0.3, 0.4) is 0 Å². The van der Waals surface area contributed by atoms with Gasteiger partial charge >= 0.3 is 0 Å². The molecule has 0 unspecified atom stereocenters. The van der Waals surface area contributed by atoms with E-state index in [1.165, 1.54) is 6.07 Å². The van der Waals surface area contributed by atoms with Crippen molar-refractivity contribution in [3.05, 3.63) is 41.1 Å². The van der Waals surface area contributed by atoms with E-state index in [1.807, 2.05) is 0 Å². The Balaban J connectivity index is 2.00. The van der Waals surface area contributed by atoms with Crippen LogP contribution in [0.4, 0.5) is 10.2 Å². The van der Waals surface area contributed by atoms with E-state index in [9.17, 15) is 9.18 Å². The summed E-state index contributed by atoms with van der Waals surface area (Å²) in [6.07, 6.45) is 2.22. The molecular weight excluding hydrogens is 261 g/mol. The fraction of sp³-hybridized carbons (Fsp3) is 0.308. The highest BCUT2D eigenvalue weighted by molar-refractivity contribution is 5.92. The molecule has 3 rings (SSSR count). The highest BCUT2D eigenvalue weighted by Gasteiger charge is 2.27. The van der Waals surface area contributed by atoms with Gasteiger partial charge in [0.15, 0.2) is 17.3 Å². The molecule has 0 radical (unpaired) electrons. The first-order valence-corrected chi connectivity index (χ1v) is 6.28. The number of aryl methyl sites for hydroxylation is 1. The summed E-state index contributed by atoms with van der Waals surface area (Å²) in [5, 5.41) is 4.14. The van der Waals surface area contributed by atoms with E-state index >= 15 is 0 Å². The lowest BCUT2D eigenvalue weighted by Gasteiger charge is -2.28. The van der Waals surface area contributed by atoms with Gasteiger partial charge in [-0.05, 0) is 12.1 Å². The summed E-state index contributed by atoms with van der Waals surface area (Å²) in [6.45, 7) is 1.01. The van der Waals surface area contributed by atoms with E-state index in [2.05, 4.69) is 10.1 Å². The van der Waals surface area contributed by atoms with Crippen LogP contribution in [0.5, 0.6) is 0 Å². The highest BCUT2D eigenvalue weighted by atomic mass is 19.1. The molecule has 0 atom stereocenters. The van der Waals surface area contributed by atoms with Crippen molar-refractivity contribution < 1.29 is 9.18 Å².